The number of amides is 2. The maximum Gasteiger partial charge on any atom is 0.407 e. The number of aliphatic carboxylic acids is 1. The Hall–Kier alpha value is -2.65. The van der Waals surface area contributed by atoms with Gasteiger partial charge in [-0.1, -0.05) is 97.3 Å². The van der Waals surface area contributed by atoms with Gasteiger partial charge in [0.05, 0.1) is 0 Å². The van der Waals surface area contributed by atoms with Crippen LogP contribution in [0.2, 0.25) is 0 Å². The summed E-state index contributed by atoms with van der Waals surface area (Å²) in [5.74, 6) is -0.739. The molecule has 200 valence electrons. The van der Waals surface area contributed by atoms with Crippen LogP contribution < -0.4 is 10.6 Å². The molecule has 0 aliphatic heterocycles. The third-order valence-corrected chi connectivity index (χ3v) is 9.21. The standard InChI is InChI=1S/C28H36N2O5S2/c1-28(2,3)37-36-18-24(26(33)29-16-10-4-5-15-25(31)32)30-27(34)35-17-23-21-13-8-6-11-19(21)20-12-7-9-14-22(20)23/h6-9,11-14,23-24H,4-5,10,15-18H2,1-3H3,(H,29,33)(H,30,34)(H,31,32). The van der Waals surface area contributed by atoms with Gasteiger partial charge in [0.1, 0.15) is 12.6 Å². The van der Waals surface area contributed by atoms with Crippen molar-refractivity contribution >= 4 is 39.6 Å². The number of benzene rings is 2. The van der Waals surface area contributed by atoms with Crippen LogP contribution in [-0.2, 0) is 14.3 Å². The maximum atomic E-state index is 12.9. The summed E-state index contributed by atoms with van der Waals surface area (Å²) in [6.07, 6.45) is 1.47. The van der Waals surface area contributed by atoms with Gasteiger partial charge in [0.2, 0.25) is 5.91 Å². The Kier molecular flexibility index (Phi) is 10.8. The summed E-state index contributed by atoms with van der Waals surface area (Å²) in [7, 11) is 3.19. The number of rotatable bonds is 13. The van der Waals surface area contributed by atoms with Gasteiger partial charge in [-0.25, -0.2) is 4.79 Å². The van der Waals surface area contributed by atoms with Crippen LogP contribution in [0.25, 0.3) is 11.1 Å². The zero-order chi connectivity index (χ0) is 26.8. The average molecular weight is 545 g/mol. The van der Waals surface area contributed by atoms with E-state index in [0.717, 1.165) is 22.3 Å². The normalized spacial score (nSPS) is 13.4. The topological polar surface area (TPSA) is 105 Å². The van der Waals surface area contributed by atoms with Crippen molar-refractivity contribution < 1.29 is 24.2 Å². The number of carbonyl (C=O) groups is 3. The number of fused-ring (bicyclic) bond motifs is 3. The molecule has 9 heteroatoms. The Labute approximate surface area is 226 Å². The summed E-state index contributed by atoms with van der Waals surface area (Å²) in [4.78, 5) is 36.3. The first kappa shape index (κ1) is 28.9. The number of alkyl carbamates (subject to hydrolysis) is 1. The summed E-state index contributed by atoms with van der Waals surface area (Å²) in [6.45, 7) is 6.89. The molecule has 1 aliphatic rings. The fourth-order valence-electron chi connectivity index (χ4n) is 4.16. The number of carboxylic acids is 1. The highest BCUT2D eigenvalue weighted by molar-refractivity contribution is 8.77. The molecule has 1 atom stereocenters. The Morgan fingerprint density at radius 2 is 1.59 bits per heavy atom. The van der Waals surface area contributed by atoms with Crippen LogP contribution in [0, 0.1) is 0 Å². The lowest BCUT2D eigenvalue weighted by Crippen LogP contribution is -2.48. The van der Waals surface area contributed by atoms with Crippen molar-refractivity contribution in [2.75, 3.05) is 18.9 Å². The molecule has 0 saturated heterocycles. The van der Waals surface area contributed by atoms with Crippen LogP contribution in [0.4, 0.5) is 4.79 Å². The molecule has 0 saturated carbocycles. The predicted molar refractivity (Wildman–Crippen MR) is 151 cm³/mol. The van der Waals surface area contributed by atoms with Gasteiger partial charge in [-0.3, -0.25) is 9.59 Å². The first-order chi connectivity index (χ1) is 17.7. The van der Waals surface area contributed by atoms with Crippen molar-refractivity contribution in [3.8, 4) is 11.1 Å². The highest BCUT2D eigenvalue weighted by Gasteiger charge is 2.30. The summed E-state index contributed by atoms with van der Waals surface area (Å²) in [5, 5.41) is 14.4. The fraction of sp³-hybridized carbons (Fsp3) is 0.464. The van der Waals surface area contributed by atoms with E-state index in [-0.39, 0.29) is 29.6 Å². The van der Waals surface area contributed by atoms with Crippen molar-refractivity contribution in [2.24, 2.45) is 0 Å². The molecule has 2 amide bonds. The molecule has 2 aromatic rings. The number of ether oxygens (including phenoxy) is 1. The highest BCUT2D eigenvalue weighted by Crippen LogP contribution is 2.44. The van der Waals surface area contributed by atoms with E-state index in [1.54, 1.807) is 10.8 Å². The largest absolute Gasteiger partial charge is 0.481 e. The number of carboxylic acid groups (broad SMARTS) is 1. The van der Waals surface area contributed by atoms with E-state index in [4.69, 9.17) is 9.84 Å². The SMILES string of the molecule is CC(C)(C)SSCC(NC(=O)OCC1c2ccccc2-c2ccccc21)C(=O)NCCCCCC(=O)O. The lowest BCUT2D eigenvalue weighted by molar-refractivity contribution is -0.137. The van der Waals surface area contributed by atoms with E-state index in [1.165, 1.54) is 10.8 Å². The van der Waals surface area contributed by atoms with E-state index in [9.17, 15) is 14.4 Å². The van der Waals surface area contributed by atoms with E-state index in [2.05, 4.69) is 55.7 Å². The smallest absolute Gasteiger partial charge is 0.407 e. The Morgan fingerprint density at radius 3 is 2.19 bits per heavy atom. The molecule has 37 heavy (non-hydrogen) atoms. The van der Waals surface area contributed by atoms with Gasteiger partial charge in [0, 0.05) is 29.4 Å². The molecule has 0 heterocycles. The number of hydrogen-bond donors (Lipinski definition) is 3. The van der Waals surface area contributed by atoms with Crippen LogP contribution in [0.3, 0.4) is 0 Å². The molecule has 3 rings (SSSR count). The zero-order valence-electron chi connectivity index (χ0n) is 21.6. The monoisotopic (exact) mass is 544 g/mol. The Balaban J connectivity index is 1.55. The molecule has 1 unspecified atom stereocenters. The second-order valence-corrected chi connectivity index (χ2v) is 13.2. The molecule has 2 aromatic carbocycles. The van der Waals surface area contributed by atoms with Crippen LogP contribution in [0.1, 0.15) is 63.5 Å². The van der Waals surface area contributed by atoms with E-state index < -0.39 is 18.1 Å². The van der Waals surface area contributed by atoms with Crippen molar-refractivity contribution in [2.45, 2.75) is 63.2 Å². The zero-order valence-corrected chi connectivity index (χ0v) is 23.3. The fourth-order valence-corrected chi connectivity index (χ4v) is 6.62. The minimum Gasteiger partial charge on any atom is -0.481 e. The highest BCUT2D eigenvalue weighted by atomic mass is 33.1. The molecule has 0 fully saturated rings. The molecule has 3 N–H and O–H groups in total. The molecule has 0 spiro atoms. The van der Waals surface area contributed by atoms with Gasteiger partial charge < -0.3 is 20.5 Å². The second-order valence-electron chi connectivity index (χ2n) is 10.00. The Bertz CT molecular complexity index is 1040. The lowest BCUT2D eigenvalue weighted by Gasteiger charge is -2.21. The molecular formula is C28H36N2O5S2. The summed E-state index contributed by atoms with van der Waals surface area (Å²) in [6, 6.07) is 15.6. The summed E-state index contributed by atoms with van der Waals surface area (Å²) < 4.78 is 5.66. The lowest BCUT2D eigenvalue weighted by atomic mass is 9.98. The minimum atomic E-state index is -0.815. The second kappa shape index (κ2) is 13.8. The van der Waals surface area contributed by atoms with Gasteiger partial charge in [0.25, 0.3) is 0 Å². The minimum absolute atomic E-state index is 0.0135. The summed E-state index contributed by atoms with van der Waals surface area (Å²) in [5.41, 5.74) is 4.57. The molecule has 0 aromatic heterocycles. The van der Waals surface area contributed by atoms with E-state index >= 15 is 0 Å². The quantitative estimate of drug-likeness (QED) is 0.215. The van der Waals surface area contributed by atoms with Crippen LogP contribution in [0.5, 0.6) is 0 Å². The van der Waals surface area contributed by atoms with Gasteiger partial charge in [-0.05, 0) is 35.1 Å². The third-order valence-electron chi connectivity index (χ3n) is 5.86. The predicted octanol–water partition coefficient (Wildman–Crippen LogP) is 5.83. The molecule has 7 nitrogen and oxygen atoms in total. The van der Waals surface area contributed by atoms with E-state index in [0.29, 0.717) is 31.6 Å². The number of nitrogens with one attached hydrogen (secondary N) is 2. The van der Waals surface area contributed by atoms with Crippen LogP contribution >= 0.6 is 21.6 Å². The van der Waals surface area contributed by atoms with Crippen molar-refractivity contribution in [3.05, 3.63) is 59.7 Å². The van der Waals surface area contributed by atoms with Gasteiger partial charge in [-0.2, -0.15) is 0 Å². The molecule has 0 bridgehead atoms. The summed E-state index contributed by atoms with van der Waals surface area (Å²) >= 11 is 0. The molecular weight excluding hydrogens is 508 g/mol. The first-order valence-corrected chi connectivity index (χ1v) is 14.9. The van der Waals surface area contributed by atoms with Gasteiger partial charge in [0.15, 0.2) is 0 Å². The van der Waals surface area contributed by atoms with Crippen molar-refractivity contribution in [3.63, 3.8) is 0 Å². The third kappa shape index (κ3) is 9.00. The maximum absolute atomic E-state index is 12.9. The van der Waals surface area contributed by atoms with Crippen molar-refractivity contribution in [1.29, 1.82) is 0 Å². The van der Waals surface area contributed by atoms with Crippen LogP contribution in [0.15, 0.2) is 48.5 Å². The van der Waals surface area contributed by atoms with Crippen LogP contribution in [-0.4, -0.2) is 52.8 Å². The molecule has 1 aliphatic carbocycles. The average Bonchev–Trinajstić information content (AvgIpc) is 3.17. The van der Waals surface area contributed by atoms with E-state index in [1.807, 2.05) is 24.3 Å². The number of unbranched alkanes of at least 4 members (excludes halogenated alkanes) is 2. The Morgan fingerprint density at radius 1 is 0.973 bits per heavy atom. The van der Waals surface area contributed by atoms with Gasteiger partial charge >= 0.3 is 12.1 Å². The van der Waals surface area contributed by atoms with Crippen molar-refractivity contribution in [1.82, 2.24) is 10.6 Å². The molecule has 0 radical (unpaired) electrons. The number of hydrogen-bond acceptors (Lipinski definition) is 6. The number of carbonyl (C=O) groups excluding carboxylic acids is 2. The van der Waals surface area contributed by atoms with Gasteiger partial charge in [-0.15, -0.1) is 0 Å². The first-order valence-electron chi connectivity index (χ1n) is 12.6.